The van der Waals surface area contributed by atoms with E-state index in [1.165, 1.54) is 0 Å². The average molecular weight is 213 g/mol. The van der Waals surface area contributed by atoms with Gasteiger partial charge in [0.15, 0.2) is 0 Å². The molecule has 1 unspecified atom stereocenters. The maximum atomic E-state index is 9.83. The molecule has 0 aliphatic carbocycles. The van der Waals surface area contributed by atoms with Gasteiger partial charge in [0.2, 0.25) is 0 Å². The van der Waals surface area contributed by atoms with Crippen LogP contribution in [0, 0.1) is 0 Å². The Hall–Kier alpha value is -2.03. The second-order valence-electron chi connectivity index (χ2n) is 3.89. The molecule has 3 heteroatoms. The number of benzene rings is 1. The van der Waals surface area contributed by atoms with E-state index >= 15 is 0 Å². The van der Waals surface area contributed by atoms with Crippen LogP contribution in [0.2, 0.25) is 0 Å². The highest BCUT2D eigenvalue weighted by Gasteiger charge is 2.20. The highest BCUT2D eigenvalue weighted by molar-refractivity contribution is 5.90. The number of ether oxygens (including phenoxy) is 1. The Labute approximate surface area is 93.0 Å². The lowest BCUT2D eigenvalue weighted by atomic mass is 10.1. The molecule has 1 atom stereocenters. The molecule has 0 radical (unpaired) electrons. The fourth-order valence-electron chi connectivity index (χ4n) is 1.96. The maximum absolute atomic E-state index is 9.83. The van der Waals surface area contributed by atoms with Gasteiger partial charge in [-0.15, -0.1) is 0 Å². The summed E-state index contributed by atoms with van der Waals surface area (Å²) in [6, 6.07) is 7.75. The van der Waals surface area contributed by atoms with E-state index in [4.69, 9.17) is 4.74 Å². The predicted molar refractivity (Wildman–Crippen MR) is 62.4 cm³/mol. The van der Waals surface area contributed by atoms with Crippen LogP contribution in [0.15, 0.2) is 36.5 Å². The van der Waals surface area contributed by atoms with Crippen LogP contribution in [0.3, 0.4) is 0 Å². The van der Waals surface area contributed by atoms with Crippen LogP contribution >= 0.6 is 0 Å². The van der Waals surface area contributed by atoms with Crippen molar-refractivity contribution in [3.8, 4) is 5.75 Å². The Bertz CT molecular complexity index is 590. The lowest BCUT2D eigenvalue weighted by molar-refractivity contribution is 0.261. The lowest BCUT2D eigenvalue weighted by Gasteiger charge is -2.21. The largest absolute Gasteiger partial charge is 0.507 e. The Morgan fingerprint density at radius 3 is 3.00 bits per heavy atom. The summed E-state index contributed by atoms with van der Waals surface area (Å²) in [6.45, 7) is 1.90. The molecule has 2 aromatic rings. The van der Waals surface area contributed by atoms with E-state index in [9.17, 15) is 5.11 Å². The van der Waals surface area contributed by atoms with Crippen LogP contribution in [0.5, 0.6) is 5.75 Å². The Morgan fingerprint density at radius 1 is 1.31 bits per heavy atom. The number of aliphatic hydroxyl groups is 1. The zero-order valence-corrected chi connectivity index (χ0v) is 8.84. The summed E-state index contributed by atoms with van der Waals surface area (Å²) in [7, 11) is 0. The molecule has 0 amide bonds. The third-order valence-electron chi connectivity index (χ3n) is 2.70. The van der Waals surface area contributed by atoms with Crippen LogP contribution < -0.4 is 4.74 Å². The monoisotopic (exact) mass is 213 g/mol. The van der Waals surface area contributed by atoms with Gasteiger partial charge in [-0.3, -0.25) is 4.98 Å². The predicted octanol–water partition coefficient (Wildman–Crippen LogP) is 2.91. The first-order chi connectivity index (χ1) is 7.75. The minimum absolute atomic E-state index is 0.113. The first kappa shape index (κ1) is 9.21. The zero-order chi connectivity index (χ0) is 11.1. The molecule has 0 saturated heterocycles. The second-order valence-corrected chi connectivity index (χ2v) is 3.89. The molecule has 0 saturated carbocycles. The molecule has 16 heavy (non-hydrogen) atoms. The molecular formula is C13H11NO2. The molecule has 3 rings (SSSR count). The van der Waals surface area contributed by atoms with Gasteiger partial charge in [0.05, 0.1) is 11.1 Å². The molecule has 1 aliphatic heterocycles. The molecule has 0 fully saturated rings. The molecule has 0 bridgehead atoms. The second kappa shape index (κ2) is 3.23. The summed E-state index contributed by atoms with van der Waals surface area (Å²) < 4.78 is 5.74. The molecule has 1 aromatic heterocycles. The van der Waals surface area contributed by atoms with E-state index in [0.29, 0.717) is 5.56 Å². The molecule has 1 N–H and O–H groups in total. The van der Waals surface area contributed by atoms with Crippen LogP contribution in [-0.4, -0.2) is 16.2 Å². The molecule has 2 heterocycles. The van der Waals surface area contributed by atoms with Crippen molar-refractivity contribution < 1.29 is 9.84 Å². The van der Waals surface area contributed by atoms with Gasteiger partial charge in [-0.05, 0) is 25.1 Å². The van der Waals surface area contributed by atoms with E-state index in [2.05, 4.69) is 4.98 Å². The van der Waals surface area contributed by atoms with Gasteiger partial charge in [-0.1, -0.05) is 12.1 Å². The topological polar surface area (TPSA) is 42.4 Å². The number of fused-ring (bicyclic) bond motifs is 3. The number of hydrogen-bond donors (Lipinski definition) is 1. The number of hydrogen-bond acceptors (Lipinski definition) is 3. The molecule has 3 nitrogen and oxygen atoms in total. The van der Waals surface area contributed by atoms with E-state index in [1.807, 2.05) is 31.2 Å². The summed E-state index contributed by atoms with van der Waals surface area (Å²) >= 11 is 0. The van der Waals surface area contributed by atoms with Crippen molar-refractivity contribution in [1.29, 1.82) is 0 Å². The summed E-state index contributed by atoms with van der Waals surface area (Å²) in [5.74, 6) is 0.963. The lowest BCUT2D eigenvalue weighted by Crippen LogP contribution is -2.15. The van der Waals surface area contributed by atoms with E-state index in [-0.39, 0.29) is 11.9 Å². The van der Waals surface area contributed by atoms with Crippen LogP contribution in [0.1, 0.15) is 12.5 Å². The van der Waals surface area contributed by atoms with Crippen molar-refractivity contribution in [3.05, 3.63) is 42.1 Å². The maximum Gasteiger partial charge on any atom is 0.142 e. The number of rotatable bonds is 0. The van der Waals surface area contributed by atoms with E-state index in [0.717, 1.165) is 16.7 Å². The smallest absolute Gasteiger partial charge is 0.142 e. The van der Waals surface area contributed by atoms with Gasteiger partial charge in [0.25, 0.3) is 0 Å². The standard InChI is InChI=1S/C13H11NO2/c1-8-6-12(15)10-7-14-11-5-3-2-4-9(11)13(10)16-8/h2-8,15H,1H3. The Balaban J connectivity index is 2.35. The van der Waals surface area contributed by atoms with E-state index in [1.54, 1.807) is 12.3 Å². The summed E-state index contributed by atoms with van der Waals surface area (Å²) in [5, 5.41) is 10.8. The first-order valence-corrected chi connectivity index (χ1v) is 5.21. The van der Waals surface area contributed by atoms with Crippen molar-refractivity contribution in [2.75, 3.05) is 0 Å². The molecule has 1 aromatic carbocycles. The minimum atomic E-state index is -0.113. The summed E-state index contributed by atoms with van der Waals surface area (Å²) in [6.07, 6.45) is 3.21. The minimum Gasteiger partial charge on any atom is -0.507 e. The van der Waals surface area contributed by atoms with Gasteiger partial charge < -0.3 is 9.84 Å². The average Bonchev–Trinajstić information content (AvgIpc) is 2.28. The third kappa shape index (κ3) is 1.25. The van der Waals surface area contributed by atoms with Gasteiger partial charge in [-0.2, -0.15) is 0 Å². The van der Waals surface area contributed by atoms with Gasteiger partial charge in [0, 0.05) is 11.6 Å². The molecule has 1 aliphatic rings. The van der Waals surface area contributed by atoms with Crippen molar-refractivity contribution >= 4 is 16.7 Å². The van der Waals surface area contributed by atoms with Crippen molar-refractivity contribution in [2.24, 2.45) is 0 Å². The third-order valence-corrected chi connectivity index (χ3v) is 2.70. The number of aliphatic hydroxyl groups excluding tert-OH is 1. The number of pyridine rings is 1. The van der Waals surface area contributed by atoms with E-state index < -0.39 is 0 Å². The van der Waals surface area contributed by atoms with Crippen molar-refractivity contribution in [3.63, 3.8) is 0 Å². The quantitative estimate of drug-likeness (QED) is 0.731. The van der Waals surface area contributed by atoms with Gasteiger partial charge in [0.1, 0.15) is 17.6 Å². The van der Waals surface area contributed by atoms with Crippen molar-refractivity contribution in [1.82, 2.24) is 4.98 Å². The summed E-state index contributed by atoms with van der Waals surface area (Å²) in [4.78, 5) is 4.29. The fourth-order valence-corrected chi connectivity index (χ4v) is 1.96. The van der Waals surface area contributed by atoms with Crippen LogP contribution in [0.4, 0.5) is 0 Å². The Morgan fingerprint density at radius 2 is 2.12 bits per heavy atom. The van der Waals surface area contributed by atoms with Crippen molar-refractivity contribution in [2.45, 2.75) is 13.0 Å². The molecule has 0 spiro atoms. The number of aromatic nitrogens is 1. The number of para-hydroxylation sites is 1. The highest BCUT2D eigenvalue weighted by Crippen LogP contribution is 2.35. The summed E-state index contributed by atoms with van der Waals surface area (Å²) in [5.41, 5.74) is 1.54. The molecular weight excluding hydrogens is 202 g/mol. The van der Waals surface area contributed by atoms with Gasteiger partial charge in [-0.25, -0.2) is 0 Å². The highest BCUT2D eigenvalue weighted by atomic mass is 16.5. The number of nitrogens with zero attached hydrogens (tertiary/aromatic N) is 1. The SMILES string of the molecule is CC1C=C(O)c2cnc3ccccc3c2O1. The molecule has 80 valence electrons. The zero-order valence-electron chi connectivity index (χ0n) is 8.84. The normalized spacial score (nSPS) is 18.8. The Kier molecular flexibility index (Phi) is 1.86. The van der Waals surface area contributed by atoms with Crippen LogP contribution in [-0.2, 0) is 0 Å². The van der Waals surface area contributed by atoms with Gasteiger partial charge >= 0.3 is 0 Å². The fraction of sp³-hybridized carbons (Fsp3) is 0.154. The van der Waals surface area contributed by atoms with Crippen LogP contribution in [0.25, 0.3) is 16.7 Å². The first-order valence-electron chi connectivity index (χ1n) is 5.21.